The van der Waals surface area contributed by atoms with E-state index in [0.717, 1.165) is 21.2 Å². The molecule has 0 N–H and O–H groups in total. The molecule has 60 valence electrons. The second-order valence-electron chi connectivity index (χ2n) is 2.46. The van der Waals surface area contributed by atoms with Crippen LogP contribution in [0.3, 0.4) is 0 Å². The Kier molecular flexibility index (Phi) is 3.07. The molecule has 1 aromatic rings. The summed E-state index contributed by atoms with van der Waals surface area (Å²) in [6.07, 6.45) is 0. The van der Waals surface area contributed by atoms with E-state index in [1.807, 2.05) is 6.92 Å². The highest BCUT2D eigenvalue weighted by atomic mass is 79.9. The number of hydrogen-bond donors (Lipinski definition) is 0. The summed E-state index contributed by atoms with van der Waals surface area (Å²) in [5.41, 5.74) is 3.38. The maximum atomic E-state index is 4.36. The summed E-state index contributed by atoms with van der Waals surface area (Å²) in [5.74, 6) is 0. The van der Waals surface area contributed by atoms with Gasteiger partial charge in [0.25, 0.3) is 0 Å². The minimum absolute atomic E-state index is 0.821. The van der Waals surface area contributed by atoms with Crippen LogP contribution in [0.1, 0.15) is 17.0 Å². The Morgan fingerprint density at radius 1 is 1.45 bits per heavy atom. The summed E-state index contributed by atoms with van der Waals surface area (Å²) in [6, 6.07) is 2.08. The van der Waals surface area contributed by atoms with E-state index >= 15 is 0 Å². The first-order chi connectivity index (χ1) is 5.15. The first kappa shape index (κ1) is 9.20. The lowest BCUT2D eigenvalue weighted by Gasteiger charge is -2.03. The summed E-state index contributed by atoms with van der Waals surface area (Å²) in [5, 5.41) is 0.821. The molecule has 1 heterocycles. The smallest absolute Gasteiger partial charge is 0.0520 e. The predicted molar refractivity (Wildman–Crippen MR) is 54.0 cm³/mol. The number of aromatic nitrogens is 1. The molecule has 11 heavy (non-hydrogen) atoms. The fourth-order valence-corrected chi connectivity index (χ4v) is 1.45. The van der Waals surface area contributed by atoms with Gasteiger partial charge in [-0.15, -0.1) is 0 Å². The Balaban J connectivity index is 3.21. The van der Waals surface area contributed by atoms with Crippen LogP contribution >= 0.6 is 31.9 Å². The number of alkyl halides is 1. The lowest BCUT2D eigenvalue weighted by molar-refractivity contribution is 1.08. The number of nitrogens with zero attached hydrogens (tertiary/aromatic N) is 1. The molecule has 0 saturated carbocycles. The molecule has 1 rings (SSSR count). The number of pyridine rings is 1. The number of rotatable bonds is 1. The summed E-state index contributed by atoms with van der Waals surface area (Å²) < 4.78 is 1.11. The summed E-state index contributed by atoms with van der Waals surface area (Å²) in [6.45, 7) is 4.08. The largest absolute Gasteiger partial charge is 0.256 e. The van der Waals surface area contributed by atoms with Gasteiger partial charge >= 0.3 is 0 Å². The second-order valence-corrected chi connectivity index (χ2v) is 3.82. The van der Waals surface area contributed by atoms with Gasteiger partial charge < -0.3 is 0 Å². The van der Waals surface area contributed by atoms with Crippen molar-refractivity contribution in [3.05, 3.63) is 27.5 Å². The van der Waals surface area contributed by atoms with Gasteiger partial charge in [0.15, 0.2) is 0 Å². The van der Waals surface area contributed by atoms with Crippen molar-refractivity contribution < 1.29 is 0 Å². The molecule has 0 fully saturated rings. The van der Waals surface area contributed by atoms with Gasteiger partial charge in [0.05, 0.1) is 11.4 Å². The number of hydrogen-bond acceptors (Lipinski definition) is 1. The maximum absolute atomic E-state index is 4.36. The van der Waals surface area contributed by atoms with E-state index in [9.17, 15) is 0 Å². The molecule has 0 bridgehead atoms. The monoisotopic (exact) mass is 277 g/mol. The first-order valence-corrected chi connectivity index (χ1v) is 5.25. The van der Waals surface area contributed by atoms with Crippen molar-refractivity contribution in [2.24, 2.45) is 0 Å². The van der Waals surface area contributed by atoms with Crippen LogP contribution in [0.15, 0.2) is 10.5 Å². The standard InChI is InChI=1S/C8H9Br2N/c1-5-3-7(4-9)11-6(2)8(5)10/h3H,4H2,1-2H3. The molecule has 0 atom stereocenters. The van der Waals surface area contributed by atoms with E-state index in [-0.39, 0.29) is 0 Å². The highest BCUT2D eigenvalue weighted by Crippen LogP contribution is 2.20. The molecule has 0 aliphatic rings. The van der Waals surface area contributed by atoms with E-state index in [2.05, 4.69) is 49.8 Å². The third-order valence-corrected chi connectivity index (χ3v) is 3.27. The van der Waals surface area contributed by atoms with Gasteiger partial charge in [0.1, 0.15) is 0 Å². The molecule has 0 unspecified atom stereocenters. The average Bonchev–Trinajstić information content (AvgIpc) is 1.99. The normalized spacial score (nSPS) is 10.2. The molecule has 0 aliphatic heterocycles. The molecule has 3 heteroatoms. The van der Waals surface area contributed by atoms with Gasteiger partial charge in [0.2, 0.25) is 0 Å². The molecule has 0 saturated heterocycles. The minimum Gasteiger partial charge on any atom is -0.256 e. The highest BCUT2D eigenvalue weighted by Gasteiger charge is 2.01. The van der Waals surface area contributed by atoms with E-state index in [1.165, 1.54) is 5.56 Å². The van der Waals surface area contributed by atoms with Crippen LogP contribution in [-0.4, -0.2) is 4.98 Å². The number of aryl methyl sites for hydroxylation is 2. The lowest BCUT2D eigenvalue weighted by atomic mass is 10.2. The Labute approximate surface area is 83.5 Å². The van der Waals surface area contributed by atoms with Crippen LogP contribution in [0.5, 0.6) is 0 Å². The van der Waals surface area contributed by atoms with Crippen LogP contribution in [0, 0.1) is 13.8 Å². The Bertz CT molecular complexity index is 248. The van der Waals surface area contributed by atoms with E-state index in [0.29, 0.717) is 0 Å². The van der Waals surface area contributed by atoms with Crippen molar-refractivity contribution in [1.29, 1.82) is 0 Å². The fraction of sp³-hybridized carbons (Fsp3) is 0.375. The molecule has 0 radical (unpaired) electrons. The van der Waals surface area contributed by atoms with Crippen molar-refractivity contribution in [2.45, 2.75) is 19.2 Å². The molecule has 0 spiro atoms. The Morgan fingerprint density at radius 2 is 2.09 bits per heavy atom. The van der Waals surface area contributed by atoms with Crippen molar-refractivity contribution >= 4 is 31.9 Å². The minimum atomic E-state index is 0.821. The van der Waals surface area contributed by atoms with Gasteiger partial charge in [0, 0.05) is 9.80 Å². The zero-order valence-electron chi connectivity index (χ0n) is 6.49. The summed E-state index contributed by atoms with van der Waals surface area (Å²) in [4.78, 5) is 4.36. The SMILES string of the molecule is Cc1cc(CBr)nc(C)c1Br. The second kappa shape index (κ2) is 3.68. The van der Waals surface area contributed by atoms with Crippen molar-refractivity contribution in [3.63, 3.8) is 0 Å². The highest BCUT2D eigenvalue weighted by molar-refractivity contribution is 9.10. The first-order valence-electron chi connectivity index (χ1n) is 3.33. The molecule has 1 nitrogen and oxygen atoms in total. The average molecular weight is 279 g/mol. The third-order valence-electron chi connectivity index (χ3n) is 1.50. The molecular weight excluding hydrogens is 270 g/mol. The predicted octanol–water partition coefficient (Wildman–Crippen LogP) is 3.36. The Morgan fingerprint density at radius 3 is 2.55 bits per heavy atom. The van der Waals surface area contributed by atoms with Gasteiger partial charge in [-0.05, 0) is 41.4 Å². The van der Waals surface area contributed by atoms with Crippen molar-refractivity contribution in [2.75, 3.05) is 0 Å². The topological polar surface area (TPSA) is 12.9 Å². The van der Waals surface area contributed by atoms with Crippen LogP contribution < -0.4 is 0 Å². The number of halogens is 2. The maximum Gasteiger partial charge on any atom is 0.0520 e. The van der Waals surface area contributed by atoms with Crippen LogP contribution in [0.25, 0.3) is 0 Å². The van der Waals surface area contributed by atoms with E-state index in [1.54, 1.807) is 0 Å². The van der Waals surface area contributed by atoms with Crippen molar-refractivity contribution in [3.8, 4) is 0 Å². The quantitative estimate of drug-likeness (QED) is 0.718. The van der Waals surface area contributed by atoms with Crippen LogP contribution in [0.4, 0.5) is 0 Å². The van der Waals surface area contributed by atoms with E-state index < -0.39 is 0 Å². The molecule has 1 aromatic heterocycles. The zero-order chi connectivity index (χ0) is 8.43. The van der Waals surface area contributed by atoms with Gasteiger partial charge in [-0.3, -0.25) is 4.98 Å². The van der Waals surface area contributed by atoms with Gasteiger partial charge in [-0.1, -0.05) is 15.9 Å². The van der Waals surface area contributed by atoms with Crippen molar-refractivity contribution in [1.82, 2.24) is 4.98 Å². The summed E-state index contributed by atoms with van der Waals surface area (Å²) in [7, 11) is 0. The molecule has 0 aromatic carbocycles. The van der Waals surface area contributed by atoms with Gasteiger partial charge in [-0.25, -0.2) is 0 Å². The van der Waals surface area contributed by atoms with Crippen LogP contribution in [0.2, 0.25) is 0 Å². The van der Waals surface area contributed by atoms with Crippen LogP contribution in [-0.2, 0) is 5.33 Å². The molecular formula is C8H9Br2N. The zero-order valence-corrected chi connectivity index (χ0v) is 9.66. The van der Waals surface area contributed by atoms with E-state index in [4.69, 9.17) is 0 Å². The third kappa shape index (κ3) is 2.03. The van der Waals surface area contributed by atoms with Gasteiger partial charge in [-0.2, -0.15) is 0 Å². The Hall–Kier alpha value is 0.110. The lowest BCUT2D eigenvalue weighted by Crippen LogP contribution is -1.92. The molecule has 0 amide bonds. The summed E-state index contributed by atoms with van der Waals surface area (Å²) >= 11 is 6.84. The molecule has 0 aliphatic carbocycles. The fourth-order valence-electron chi connectivity index (χ4n) is 0.964.